The first-order valence-corrected chi connectivity index (χ1v) is 7.66. The third-order valence-corrected chi connectivity index (χ3v) is 3.64. The molecule has 0 saturated carbocycles. The van der Waals surface area contributed by atoms with Gasteiger partial charge in [0.2, 0.25) is 5.78 Å². The SMILES string of the molecule is COC(=O)c1ccc(OCC(=O)c2cc(OC)ccc2OC)c([N+](=O)[O-])c1. The van der Waals surface area contributed by atoms with Crippen LogP contribution in [-0.2, 0) is 4.74 Å². The highest BCUT2D eigenvalue weighted by atomic mass is 16.6. The molecule has 0 aliphatic heterocycles. The molecule has 0 N–H and O–H groups in total. The maximum atomic E-state index is 12.5. The average molecular weight is 375 g/mol. The summed E-state index contributed by atoms with van der Waals surface area (Å²) in [5.74, 6) is -0.561. The minimum absolute atomic E-state index is 0.00246. The van der Waals surface area contributed by atoms with E-state index < -0.39 is 29.0 Å². The first kappa shape index (κ1) is 19.7. The van der Waals surface area contributed by atoms with Crippen molar-refractivity contribution < 1.29 is 33.5 Å². The van der Waals surface area contributed by atoms with Gasteiger partial charge in [0.1, 0.15) is 11.5 Å². The maximum absolute atomic E-state index is 12.5. The molecule has 0 spiro atoms. The molecular weight excluding hydrogens is 358 g/mol. The Kier molecular flexibility index (Phi) is 6.32. The lowest BCUT2D eigenvalue weighted by Crippen LogP contribution is -2.14. The van der Waals surface area contributed by atoms with Gasteiger partial charge in [-0.25, -0.2) is 4.79 Å². The molecule has 27 heavy (non-hydrogen) atoms. The maximum Gasteiger partial charge on any atom is 0.338 e. The van der Waals surface area contributed by atoms with E-state index in [0.29, 0.717) is 11.5 Å². The van der Waals surface area contributed by atoms with Crippen LogP contribution in [0.1, 0.15) is 20.7 Å². The Morgan fingerprint density at radius 3 is 2.30 bits per heavy atom. The van der Waals surface area contributed by atoms with Crippen LogP contribution in [0.25, 0.3) is 0 Å². The minimum Gasteiger partial charge on any atom is -0.497 e. The van der Waals surface area contributed by atoms with E-state index in [9.17, 15) is 19.7 Å². The van der Waals surface area contributed by atoms with Crippen molar-refractivity contribution in [2.24, 2.45) is 0 Å². The van der Waals surface area contributed by atoms with Gasteiger partial charge in [0.05, 0.1) is 37.4 Å². The molecule has 9 heteroatoms. The van der Waals surface area contributed by atoms with Crippen molar-refractivity contribution in [3.63, 3.8) is 0 Å². The van der Waals surface area contributed by atoms with Gasteiger partial charge in [0.25, 0.3) is 0 Å². The Bertz CT molecular complexity index is 878. The second-order valence-electron chi connectivity index (χ2n) is 5.21. The fourth-order valence-corrected chi connectivity index (χ4v) is 2.28. The average Bonchev–Trinajstić information content (AvgIpc) is 2.70. The first-order chi connectivity index (χ1) is 12.9. The van der Waals surface area contributed by atoms with Gasteiger partial charge in [0.15, 0.2) is 12.4 Å². The summed E-state index contributed by atoms with van der Waals surface area (Å²) in [7, 11) is 4.04. The molecule has 0 bridgehead atoms. The van der Waals surface area contributed by atoms with Gasteiger partial charge >= 0.3 is 11.7 Å². The lowest BCUT2D eigenvalue weighted by Gasteiger charge is -2.11. The van der Waals surface area contributed by atoms with Crippen LogP contribution in [0.2, 0.25) is 0 Å². The van der Waals surface area contributed by atoms with Gasteiger partial charge in [-0.05, 0) is 30.3 Å². The fourth-order valence-electron chi connectivity index (χ4n) is 2.28. The van der Waals surface area contributed by atoms with E-state index in [-0.39, 0.29) is 16.9 Å². The van der Waals surface area contributed by atoms with Gasteiger partial charge in [-0.1, -0.05) is 0 Å². The molecule has 0 aliphatic rings. The molecule has 9 nitrogen and oxygen atoms in total. The third-order valence-electron chi connectivity index (χ3n) is 3.64. The Morgan fingerprint density at radius 2 is 1.70 bits per heavy atom. The monoisotopic (exact) mass is 375 g/mol. The van der Waals surface area contributed by atoms with Crippen LogP contribution in [0.5, 0.6) is 17.2 Å². The number of nitro benzene ring substituents is 1. The Balaban J connectivity index is 2.24. The summed E-state index contributed by atoms with van der Waals surface area (Å²) in [6, 6.07) is 8.26. The number of nitro groups is 1. The lowest BCUT2D eigenvalue weighted by atomic mass is 10.1. The zero-order valence-corrected chi connectivity index (χ0v) is 14.9. The number of ether oxygens (including phenoxy) is 4. The lowest BCUT2D eigenvalue weighted by molar-refractivity contribution is -0.385. The van der Waals surface area contributed by atoms with E-state index >= 15 is 0 Å². The zero-order valence-electron chi connectivity index (χ0n) is 14.9. The van der Waals surface area contributed by atoms with Crippen LogP contribution in [0.15, 0.2) is 36.4 Å². The van der Waals surface area contributed by atoms with Crippen molar-refractivity contribution in [3.8, 4) is 17.2 Å². The first-order valence-electron chi connectivity index (χ1n) is 7.66. The summed E-state index contributed by atoms with van der Waals surface area (Å²) >= 11 is 0. The van der Waals surface area contributed by atoms with Gasteiger partial charge in [0, 0.05) is 6.07 Å². The largest absolute Gasteiger partial charge is 0.497 e. The van der Waals surface area contributed by atoms with E-state index in [4.69, 9.17) is 14.2 Å². The summed E-state index contributed by atoms with van der Waals surface area (Å²) in [6.07, 6.45) is 0. The van der Waals surface area contributed by atoms with Crippen molar-refractivity contribution >= 4 is 17.4 Å². The smallest absolute Gasteiger partial charge is 0.338 e. The second kappa shape index (κ2) is 8.65. The van der Waals surface area contributed by atoms with E-state index in [2.05, 4.69) is 4.74 Å². The number of carbonyl (C=O) groups excluding carboxylic acids is 2. The Morgan fingerprint density at radius 1 is 1.00 bits per heavy atom. The molecule has 0 saturated heterocycles. The Labute approximate surface area is 154 Å². The number of esters is 1. The van der Waals surface area contributed by atoms with E-state index in [1.165, 1.54) is 39.5 Å². The number of nitrogens with zero attached hydrogens (tertiary/aromatic N) is 1. The summed E-state index contributed by atoms with van der Waals surface area (Å²) in [5, 5.41) is 11.2. The molecule has 0 atom stereocenters. The predicted molar refractivity (Wildman–Crippen MR) is 93.8 cm³/mol. The Hall–Kier alpha value is -3.62. The molecule has 2 rings (SSSR count). The molecule has 0 radical (unpaired) electrons. The zero-order chi connectivity index (χ0) is 20.0. The molecule has 2 aromatic carbocycles. The second-order valence-corrected chi connectivity index (χ2v) is 5.21. The highest BCUT2D eigenvalue weighted by Crippen LogP contribution is 2.29. The number of hydrogen-bond acceptors (Lipinski definition) is 8. The number of Topliss-reactive ketones (excluding diaryl/α,β-unsaturated/α-hetero) is 1. The summed E-state index contributed by atoms with van der Waals surface area (Å²) in [5.41, 5.74) is -0.244. The van der Waals surface area contributed by atoms with Crippen molar-refractivity contribution in [3.05, 3.63) is 57.6 Å². The van der Waals surface area contributed by atoms with Crippen LogP contribution in [0.3, 0.4) is 0 Å². The molecule has 0 heterocycles. The van der Waals surface area contributed by atoms with Crippen molar-refractivity contribution in [1.29, 1.82) is 0 Å². The van der Waals surface area contributed by atoms with Crippen LogP contribution in [-0.4, -0.2) is 44.6 Å². The molecule has 0 aliphatic carbocycles. The fraction of sp³-hybridized carbons (Fsp3) is 0.222. The van der Waals surface area contributed by atoms with Crippen molar-refractivity contribution in [2.75, 3.05) is 27.9 Å². The topological polar surface area (TPSA) is 114 Å². The number of benzene rings is 2. The van der Waals surface area contributed by atoms with Crippen LogP contribution in [0, 0.1) is 10.1 Å². The quantitative estimate of drug-likeness (QED) is 0.299. The van der Waals surface area contributed by atoms with Gasteiger partial charge < -0.3 is 18.9 Å². The molecule has 142 valence electrons. The molecular formula is C18H17NO8. The minimum atomic E-state index is -0.721. The van der Waals surface area contributed by atoms with Crippen LogP contribution < -0.4 is 14.2 Å². The molecule has 0 aromatic heterocycles. The number of carbonyl (C=O) groups is 2. The molecule has 0 unspecified atom stereocenters. The van der Waals surface area contributed by atoms with E-state index in [1.807, 2.05) is 0 Å². The summed E-state index contributed by atoms with van der Waals surface area (Å²) in [4.78, 5) is 34.5. The third kappa shape index (κ3) is 4.51. The molecule has 0 fully saturated rings. The molecule has 2 aromatic rings. The standard InChI is InChI=1S/C18H17NO8/c1-24-12-5-7-16(25-2)13(9-12)15(20)10-27-17-6-4-11(18(21)26-3)8-14(17)19(22)23/h4-9H,10H2,1-3H3. The number of ketones is 1. The van der Waals surface area contributed by atoms with Crippen LogP contribution in [0.4, 0.5) is 5.69 Å². The summed E-state index contributed by atoms with van der Waals surface area (Å²) < 4.78 is 20.1. The predicted octanol–water partition coefficient (Wildman–Crippen LogP) is 2.66. The normalized spacial score (nSPS) is 10.0. The van der Waals surface area contributed by atoms with Gasteiger partial charge in [-0.3, -0.25) is 14.9 Å². The van der Waals surface area contributed by atoms with Gasteiger partial charge in [-0.15, -0.1) is 0 Å². The highest BCUT2D eigenvalue weighted by Gasteiger charge is 2.21. The highest BCUT2D eigenvalue weighted by molar-refractivity contribution is 6.00. The summed E-state index contributed by atoms with van der Waals surface area (Å²) in [6.45, 7) is -0.470. The van der Waals surface area contributed by atoms with Crippen molar-refractivity contribution in [1.82, 2.24) is 0 Å². The van der Waals surface area contributed by atoms with Gasteiger partial charge in [-0.2, -0.15) is 0 Å². The van der Waals surface area contributed by atoms with Crippen molar-refractivity contribution in [2.45, 2.75) is 0 Å². The van der Waals surface area contributed by atoms with E-state index in [0.717, 1.165) is 6.07 Å². The molecule has 0 amide bonds. The van der Waals surface area contributed by atoms with E-state index in [1.54, 1.807) is 12.1 Å². The number of hydrogen-bond donors (Lipinski definition) is 0. The number of rotatable bonds is 8. The number of methoxy groups -OCH3 is 3. The van der Waals surface area contributed by atoms with Crippen LogP contribution >= 0.6 is 0 Å².